The molecule has 1 aromatic heterocycles. The molecule has 0 aliphatic heterocycles. The zero-order chi connectivity index (χ0) is 12.3. The van der Waals surface area contributed by atoms with Gasteiger partial charge in [0.1, 0.15) is 11.3 Å². The van der Waals surface area contributed by atoms with Crippen molar-refractivity contribution in [3.63, 3.8) is 0 Å². The van der Waals surface area contributed by atoms with Gasteiger partial charge in [-0.3, -0.25) is 0 Å². The molecule has 0 aliphatic rings. The normalized spacial score (nSPS) is 12.4. The van der Waals surface area contributed by atoms with Gasteiger partial charge in [-0.05, 0) is 24.6 Å². The SMILES string of the molecule is CCC(Nc1nncs1)c1cc(Br)ccc1O. The number of phenolic OH excluding ortho intramolecular Hbond substituents is 1. The Balaban J connectivity index is 2.25. The summed E-state index contributed by atoms with van der Waals surface area (Å²) in [6.07, 6.45) is 0.851. The van der Waals surface area contributed by atoms with Crippen LogP contribution in [-0.2, 0) is 0 Å². The minimum atomic E-state index is 0.0282. The number of hydrogen-bond donors (Lipinski definition) is 2. The summed E-state index contributed by atoms with van der Waals surface area (Å²) in [5.41, 5.74) is 2.53. The zero-order valence-electron chi connectivity index (χ0n) is 9.22. The van der Waals surface area contributed by atoms with Crippen molar-refractivity contribution < 1.29 is 5.11 Å². The van der Waals surface area contributed by atoms with E-state index < -0.39 is 0 Å². The van der Waals surface area contributed by atoms with Crippen LogP contribution in [0.3, 0.4) is 0 Å². The summed E-state index contributed by atoms with van der Waals surface area (Å²) in [5, 5.41) is 21.6. The lowest BCUT2D eigenvalue weighted by Crippen LogP contribution is -2.09. The molecule has 0 saturated carbocycles. The Morgan fingerprint density at radius 2 is 2.35 bits per heavy atom. The Labute approximate surface area is 112 Å². The van der Waals surface area contributed by atoms with Crippen LogP contribution < -0.4 is 5.32 Å². The molecular weight excluding hydrogens is 302 g/mol. The minimum absolute atomic E-state index is 0.0282. The van der Waals surface area contributed by atoms with Gasteiger partial charge in [0.15, 0.2) is 0 Å². The van der Waals surface area contributed by atoms with E-state index in [0.717, 1.165) is 21.6 Å². The monoisotopic (exact) mass is 313 g/mol. The lowest BCUT2D eigenvalue weighted by molar-refractivity contribution is 0.462. The molecular formula is C11H12BrN3OS. The number of aromatic nitrogens is 2. The molecule has 90 valence electrons. The summed E-state index contributed by atoms with van der Waals surface area (Å²) in [6, 6.07) is 5.44. The average molecular weight is 314 g/mol. The van der Waals surface area contributed by atoms with E-state index >= 15 is 0 Å². The van der Waals surface area contributed by atoms with E-state index in [-0.39, 0.29) is 11.8 Å². The molecule has 2 N–H and O–H groups in total. The molecule has 1 aromatic carbocycles. The minimum Gasteiger partial charge on any atom is -0.508 e. The second-order valence-electron chi connectivity index (χ2n) is 3.55. The summed E-state index contributed by atoms with van der Waals surface area (Å²) in [4.78, 5) is 0. The van der Waals surface area contributed by atoms with Crippen molar-refractivity contribution in [1.82, 2.24) is 10.2 Å². The standard InChI is InChI=1S/C11H12BrN3OS/c1-2-9(14-11-15-13-6-17-11)8-5-7(12)3-4-10(8)16/h3-6,9,16H,2H2,1H3,(H,14,15). The second kappa shape index (κ2) is 5.46. The highest BCUT2D eigenvalue weighted by atomic mass is 79.9. The maximum atomic E-state index is 9.87. The van der Waals surface area contributed by atoms with Gasteiger partial charge in [-0.2, -0.15) is 0 Å². The van der Waals surface area contributed by atoms with Crippen LogP contribution in [0.25, 0.3) is 0 Å². The molecule has 0 radical (unpaired) electrons. The summed E-state index contributed by atoms with van der Waals surface area (Å²) in [6.45, 7) is 2.05. The smallest absolute Gasteiger partial charge is 0.205 e. The van der Waals surface area contributed by atoms with Crippen molar-refractivity contribution in [2.75, 3.05) is 5.32 Å². The summed E-state index contributed by atoms with van der Waals surface area (Å²) < 4.78 is 0.947. The van der Waals surface area contributed by atoms with E-state index in [1.807, 2.05) is 12.1 Å². The maximum Gasteiger partial charge on any atom is 0.205 e. The van der Waals surface area contributed by atoms with Crippen LogP contribution >= 0.6 is 27.3 Å². The molecule has 0 bridgehead atoms. The lowest BCUT2D eigenvalue weighted by atomic mass is 10.0. The number of hydrogen-bond acceptors (Lipinski definition) is 5. The predicted molar refractivity (Wildman–Crippen MR) is 72.4 cm³/mol. The van der Waals surface area contributed by atoms with Crippen molar-refractivity contribution in [2.24, 2.45) is 0 Å². The highest BCUT2D eigenvalue weighted by Gasteiger charge is 2.15. The van der Waals surface area contributed by atoms with Crippen LogP contribution in [0.15, 0.2) is 28.2 Å². The predicted octanol–water partition coefficient (Wildman–Crippen LogP) is 3.57. The van der Waals surface area contributed by atoms with Gasteiger partial charge in [-0.15, -0.1) is 10.2 Å². The number of nitrogens with one attached hydrogen (secondary N) is 1. The van der Waals surface area contributed by atoms with Crippen LogP contribution in [0.2, 0.25) is 0 Å². The molecule has 17 heavy (non-hydrogen) atoms. The van der Waals surface area contributed by atoms with Crippen molar-refractivity contribution >= 4 is 32.4 Å². The van der Waals surface area contributed by atoms with Gasteiger partial charge in [-0.25, -0.2) is 0 Å². The van der Waals surface area contributed by atoms with E-state index in [1.165, 1.54) is 11.3 Å². The zero-order valence-corrected chi connectivity index (χ0v) is 11.6. The first-order chi connectivity index (χ1) is 8.20. The first-order valence-corrected chi connectivity index (χ1v) is 6.89. The van der Waals surface area contributed by atoms with E-state index in [9.17, 15) is 5.11 Å². The van der Waals surface area contributed by atoms with Crippen molar-refractivity contribution in [1.29, 1.82) is 0 Å². The van der Waals surface area contributed by atoms with Crippen LogP contribution in [0.4, 0.5) is 5.13 Å². The number of phenols is 1. The molecule has 0 amide bonds. The summed E-state index contributed by atoms with van der Waals surface area (Å²) in [5.74, 6) is 0.289. The lowest BCUT2D eigenvalue weighted by Gasteiger charge is -2.17. The molecule has 1 atom stereocenters. The molecule has 0 spiro atoms. The number of halogens is 1. The quantitative estimate of drug-likeness (QED) is 0.906. The van der Waals surface area contributed by atoms with Crippen molar-refractivity contribution in [3.8, 4) is 5.75 Å². The average Bonchev–Trinajstić information content (AvgIpc) is 2.82. The second-order valence-corrected chi connectivity index (χ2v) is 5.30. The Bertz CT molecular complexity index is 489. The van der Waals surface area contributed by atoms with Gasteiger partial charge in [0.2, 0.25) is 5.13 Å². The number of benzene rings is 1. The maximum absolute atomic E-state index is 9.87. The Hall–Kier alpha value is -1.14. The van der Waals surface area contributed by atoms with E-state index in [4.69, 9.17) is 0 Å². The fourth-order valence-corrected chi connectivity index (χ4v) is 2.47. The number of rotatable bonds is 4. The molecule has 1 heterocycles. The van der Waals surface area contributed by atoms with Crippen molar-refractivity contribution in [3.05, 3.63) is 33.7 Å². The third kappa shape index (κ3) is 2.95. The Morgan fingerprint density at radius 1 is 1.53 bits per heavy atom. The van der Waals surface area contributed by atoms with Crippen LogP contribution in [0.1, 0.15) is 24.9 Å². The molecule has 2 rings (SSSR count). The molecule has 0 fully saturated rings. The molecule has 0 saturated heterocycles. The molecule has 1 unspecified atom stereocenters. The van der Waals surface area contributed by atoms with Gasteiger partial charge in [0.25, 0.3) is 0 Å². The summed E-state index contributed by atoms with van der Waals surface area (Å²) >= 11 is 4.85. The molecule has 0 aliphatic carbocycles. The van der Waals surface area contributed by atoms with Crippen LogP contribution in [0, 0.1) is 0 Å². The molecule has 6 heteroatoms. The Kier molecular flexibility index (Phi) is 3.96. The third-order valence-corrected chi connectivity index (χ3v) is 3.55. The van der Waals surface area contributed by atoms with Crippen LogP contribution in [-0.4, -0.2) is 15.3 Å². The first kappa shape index (κ1) is 12.3. The molecule has 2 aromatic rings. The number of anilines is 1. The van der Waals surface area contributed by atoms with Crippen LogP contribution in [0.5, 0.6) is 5.75 Å². The van der Waals surface area contributed by atoms with E-state index in [2.05, 4.69) is 38.4 Å². The van der Waals surface area contributed by atoms with Gasteiger partial charge in [0.05, 0.1) is 6.04 Å². The van der Waals surface area contributed by atoms with Gasteiger partial charge < -0.3 is 10.4 Å². The molecule has 4 nitrogen and oxygen atoms in total. The fourth-order valence-electron chi connectivity index (χ4n) is 1.59. The highest BCUT2D eigenvalue weighted by Crippen LogP contribution is 2.31. The Morgan fingerprint density at radius 3 is 3.00 bits per heavy atom. The topological polar surface area (TPSA) is 58.0 Å². The fraction of sp³-hybridized carbons (Fsp3) is 0.273. The van der Waals surface area contributed by atoms with Crippen molar-refractivity contribution in [2.45, 2.75) is 19.4 Å². The largest absolute Gasteiger partial charge is 0.508 e. The van der Waals surface area contributed by atoms with Gasteiger partial charge in [0, 0.05) is 10.0 Å². The third-order valence-electron chi connectivity index (χ3n) is 2.43. The van der Waals surface area contributed by atoms with E-state index in [1.54, 1.807) is 11.6 Å². The number of aromatic hydroxyl groups is 1. The van der Waals surface area contributed by atoms with Gasteiger partial charge >= 0.3 is 0 Å². The number of nitrogens with zero attached hydrogens (tertiary/aromatic N) is 2. The highest BCUT2D eigenvalue weighted by molar-refractivity contribution is 9.10. The summed E-state index contributed by atoms with van der Waals surface area (Å²) in [7, 11) is 0. The first-order valence-electron chi connectivity index (χ1n) is 5.21. The van der Waals surface area contributed by atoms with Gasteiger partial charge in [-0.1, -0.05) is 34.2 Å². The van der Waals surface area contributed by atoms with E-state index in [0.29, 0.717) is 0 Å².